The lowest BCUT2D eigenvalue weighted by molar-refractivity contribution is 0.0733. The van der Waals surface area contributed by atoms with E-state index >= 15 is 0 Å². The number of aliphatic hydroxyl groups excluding tert-OH is 1. The van der Waals surface area contributed by atoms with Crippen LogP contribution in [0.2, 0.25) is 0 Å². The molecule has 100 valence electrons. The number of likely N-dealkylation sites (tertiary alicyclic amines) is 1. The summed E-state index contributed by atoms with van der Waals surface area (Å²) in [4.78, 5) is 14.4. The summed E-state index contributed by atoms with van der Waals surface area (Å²) in [5.74, 6) is 5.54. The molecule has 1 aliphatic heterocycles. The number of hydrogen-bond acceptors (Lipinski definition) is 2. The fourth-order valence-electron chi connectivity index (χ4n) is 2.53. The van der Waals surface area contributed by atoms with Gasteiger partial charge in [-0.3, -0.25) is 4.79 Å². The van der Waals surface area contributed by atoms with Gasteiger partial charge in [-0.2, -0.15) is 0 Å². The average molecular weight is 257 g/mol. The van der Waals surface area contributed by atoms with Gasteiger partial charge < -0.3 is 10.0 Å². The molecule has 0 radical (unpaired) electrons. The Kier molecular flexibility index (Phi) is 4.59. The first-order valence-electron chi connectivity index (χ1n) is 6.77. The minimum atomic E-state index is -0.146. The molecule has 0 aromatic heterocycles. The van der Waals surface area contributed by atoms with Crippen molar-refractivity contribution in [2.75, 3.05) is 13.2 Å². The minimum Gasteiger partial charge on any atom is -0.384 e. The normalized spacial score (nSPS) is 18.0. The third-order valence-corrected chi connectivity index (χ3v) is 3.55. The Balaban J connectivity index is 2.11. The predicted molar refractivity (Wildman–Crippen MR) is 74.8 cm³/mol. The van der Waals surface area contributed by atoms with Crippen molar-refractivity contribution in [3.8, 4) is 11.8 Å². The Morgan fingerprint density at radius 1 is 1.42 bits per heavy atom. The molecule has 3 heteroatoms. The number of amides is 1. The number of hydrogen-bond donors (Lipinski definition) is 1. The molecule has 0 aliphatic carbocycles. The van der Waals surface area contributed by atoms with Crippen molar-refractivity contribution in [3.05, 3.63) is 35.4 Å². The minimum absolute atomic E-state index is 0.117. The molecule has 3 nitrogen and oxygen atoms in total. The van der Waals surface area contributed by atoms with E-state index in [2.05, 4.69) is 18.8 Å². The van der Waals surface area contributed by atoms with Crippen molar-refractivity contribution >= 4 is 5.91 Å². The number of aliphatic hydroxyl groups is 1. The standard InChI is InChI=1S/C16H19NO2/c1-2-15-6-3-11-17(15)16(19)14-9-7-13(8-10-14)5-4-12-18/h7-10,15,18H,2-3,6,11-12H2,1H3. The summed E-state index contributed by atoms with van der Waals surface area (Å²) in [6.07, 6.45) is 3.23. The molecule has 1 unspecified atom stereocenters. The zero-order valence-electron chi connectivity index (χ0n) is 11.2. The number of carbonyl (C=O) groups is 1. The molecular formula is C16H19NO2. The van der Waals surface area contributed by atoms with Crippen LogP contribution in [-0.4, -0.2) is 35.1 Å². The van der Waals surface area contributed by atoms with Crippen molar-refractivity contribution in [1.29, 1.82) is 0 Å². The van der Waals surface area contributed by atoms with E-state index in [0.29, 0.717) is 6.04 Å². The van der Waals surface area contributed by atoms with E-state index in [-0.39, 0.29) is 12.5 Å². The third kappa shape index (κ3) is 3.15. The first-order chi connectivity index (χ1) is 9.26. The van der Waals surface area contributed by atoms with Gasteiger partial charge in [0.2, 0.25) is 0 Å². The molecule has 1 N–H and O–H groups in total. The van der Waals surface area contributed by atoms with Crippen LogP contribution in [0.15, 0.2) is 24.3 Å². The highest BCUT2D eigenvalue weighted by Crippen LogP contribution is 2.22. The maximum atomic E-state index is 12.4. The van der Waals surface area contributed by atoms with Crippen LogP contribution in [0.5, 0.6) is 0 Å². The lowest BCUT2D eigenvalue weighted by Crippen LogP contribution is -2.35. The number of carbonyl (C=O) groups excluding carboxylic acids is 1. The zero-order valence-corrected chi connectivity index (χ0v) is 11.2. The Morgan fingerprint density at radius 2 is 2.16 bits per heavy atom. The van der Waals surface area contributed by atoms with Gasteiger partial charge in [-0.15, -0.1) is 0 Å². The summed E-state index contributed by atoms with van der Waals surface area (Å²) in [7, 11) is 0. The largest absolute Gasteiger partial charge is 0.384 e. The molecule has 2 rings (SSSR count). The quantitative estimate of drug-likeness (QED) is 0.824. The van der Waals surface area contributed by atoms with E-state index < -0.39 is 0 Å². The second-order valence-electron chi connectivity index (χ2n) is 4.74. The molecule has 1 aromatic carbocycles. The molecule has 1 heterocycles. The second-order valence-corrected chi connectivity index (χ2v) is 4.74. The van der Waals surface area contributed by atoms with Gasteiger partial charge in [-0.1, -0.05) is 18.8 Å². The maximum Gasteiger partial charge on any atom is 0.254 e. The molecule has 19 heavy (non-hydrogen) atoms. The third-order valence-electron chi connectivity index (χ3n) is 3.55. The number of benzene rings is 1. The van der Waals surface area contributed by atoms with Gasteiger partial charge in [0, 0.05) is 23.7 Å². The van der Waals surface area contributed by atoms with Gasteiger partial charge >= 0.3 is 0 Å². The van der Waals surface area contributed by atoms with Crippen molar-refractivity contribution < 1.29 is 9.90 Å². The van der Waals surface area contributed by atoms with Crippen LogP contribution in [0.1, 0.15) is 42.1 Å². The van der Waals surface area contributed by atoms with Gasteiger partial charge in [0.1, 0.15) is 6.61 Å². The number of rotatable bonds is 2. The lowest BCUT2D eigenvalue weighted by Gasteiger charge is -2.23. The fourth-order valence-corrected chi connectivity index (χ4v) is 2.53. The van der Waals surface area contributed by atoms with Gasteiger partial charge in [0.25, 0.3) is 5.91 Å². The SMILES string of the molecule is CCC1CCCN1C(=O)c1ccc(C#CCO)cc1. The predicted octanol–water partition coefficient (Wildman–Crippen LogP) is 2.04. The molecule has 0 bridgehead atoms. The summed E-state index contributed by atoms with van der Waals surface area (Å²) >= 11 is 0. The van der Waals surface area contributed by atoms with E-state index in [1.54, 1.807) is 0 Å². The molecule has 1 aliphatic rings. The van der Waals surface area contributed by atoms with Gasteiger partial charge in [-0.25, -0.2) is 0 Å². The smallest absolute Gasteiger partial charge is 0.254 e. The summed E-state index contributed by atoms with van der Waals surface area (Å²) < 4.78 is 0. The van der Waals surface area contributed by atoms with Crippen LogP contribution in [0.25, 0.3) is 0 Å². The molecule has 1 aromatic rings. The lowest BCUT2D eigenvalue weighted by atomic mass is 10.1. The van der Waals surface area contributed by atoms with E-state index in [1.165, 1.54) is 0 Å². The Bertz CT molecular complexity index is 496. The number of nitrogens with zero attached hydrogens (tertiary/aromatic N) is 1. The highest BCUT2D eigenvalue weighted by Gasteiger charge is 2.27. The maximum absolute atomic E-state index is 12.4. The van der Waals surface area contributed by atoms with Gasteiger partial charge in [0.15, 0.2) is 0 Å². The van der Waals surface area contributed by atoms with E-state index in [0.717, 1.165) is 36.9 Å². The molecule has 1 atom stereocenters. The first-order valence-corrected chi connectivity index (χ1v) is 6.77. The van der Waals surface area contributed by atoms with Gasteiger partial charge in [0.05, 0.1) is 0 Å². The van der Waals surface area contributed by atoms with E-state index in [9.17, 15) is 4.79 Å². The average Bonchev–Trinajstić information content (AvgIpc) is 2.93. The Labute approximate surface area is 114 Å². The molecule has 0 saturated carbocycles. The highest BCUT2D eigenvalue weighted by atomic mass is 16.2. The summed E-state index contributed by atoms with van der Waals surface area (Å²) in [6.45, 7) is 2.85. The van der Waals surface area contributed by atoms with Crippen molar-refractivity contribution in [1.82, 2.24) is 4.90 Å². The monoisotopic (exact) mass is 257 g/mol. The molecule has 1 amide bonds. The fraction of sp³-hybridized carbons (Fsp3) is 0.438. The van der Waals surface area contributed by atoms with Crippen molar-refractivity contribution in [2.45, 2.75) is 32.2 Å². The zero-order chi connectivity index (χ0) is 13.7. The van der Waals surface area contributed by atoms with Crippen LogP contribution in [0.3, 0.4) is 0 Å². The molecule has 0 spiro atoms. The molecule has 1 saturated heterocycles. The van der Waals surface area contributed by atoms with Crippen molar-refractivity contribution in [3.63, 3.8) is 0 Å². The van der Waals surface area contributed by atoms with Crippen LogP contribution in [-0.2, 0) is 0 Å². The van der Waals surface area contributed by atoms with E-state index in [1.807, 2.05) is 29.2 Å². The molecule has 1 fully saturated rings. The highest BCUT2D eigenvalue weighted by molar-refractivity contribution is 5.94. The van der Waals surface area contributed by atoms with Gasteiger partial charge in [-0.05, 0) is 43.5 Å². The Morgan fingerprint density at radius 3 is 2.79 bits per heavy atom. The first kappa shape index (κ1) is 13.6. The van der Waals surface area contributed by atoms with Crippen molar-refractivity contribution in [2.24, 2.45) is 0 Å². The van der Waals surface area contributed by atoms with Crippen LogP contribution < -0.4 is 0 Å². The second kappa shape index (κ2) is 6.40. The van der Waals surface area contributed by atoms with Crippen LogP contribution in [0, 0.1) is 11.8 Å². The van der Waals surface area contributed by atoms with E-state index in [4.69, 9.17) is 5.11 Å². The summed E-state index contributed by atoms with van der Waals surface area (Å²) in [5.41, 5.74) is 1.54. The van der Waals surface area contributed by atoms with Crippen LogP contribution >= 0.6 is 0 Å². The van der Waals surface area contributed by atoms with Crippen LogP contribution in [0.4, 0.5) is 0 Å². The summed E-state index contributed by atoms with van der Waals surface area (Å²) in [6, 6.07) is 7.67. The topological polar surface area (TPSA) is 40.5 Å². The molecular weight excluding hydrogens is 238 g/mol. The Hall–Kier alpha value is -1.79. The summed E-state index contributed by atoms with van der Waals surface area (Å²) in [5, 5.41) is 8.64.